The molecular formula is C16H14N4O. The lowest BCUT2D eigenvalue weighted by Crippen LogP contribution is -2.24. The molecule has 1 atom stereocenters. The number of hydrogen-bond donors (Lipinski definition) is 2. The minimum Gasteiger partial charge on any atom is -0.478 e. The van der Waals surface area contributed by atoms with Crippen LogP contribution in [0.2, 0.25) is 0 Å². The first kappa shape index (κ1) is 12.0. The molecule has 3 aromatic rings. The third-order valence-electron chi connectivity index (χ3n) is 3.53. The van der Waals surface area contributed by atoms with E-state index in [-0.39, 0.29) is 6.10 Å². The van der Waals surface area contributed by atoms with Crippen LogP contribution in [0.15, 0.2) is 55.0 Å². The summed E-state index contributed by atoms with van der Waals surface area (Å²) in [6.45, 7) is 0.695. The fraction of sp³-hybridized carbons (Fsp3) is 0.125. The number of nitrogens with one attached hydrogen (secondary N) is 2. The number of aromatic amines is 1. The van der Waals surface area contributed by atoms with Crippen molar-refractivity contribution in [3.05, 3.63) is 60.8 Å². The van der Waals surface area contributed by atoms with Gasteiger partial charge in [-0.1, -0.05) is 12.1 Å². The highest BCUT2D eigenvalue weighted by Crippen LogP contribution is 2.33. The molecule has 5 heteroatoms. The van der Waals surface area contributed by atoms with Gasteiger partial charge in [0.05, 0.1) is 24.1 Å². The van der Waals surface area contributed by atoms with Crippen LogP contribution in [0.25, 0.3) is 11.3 Å². The molecule has 0 fully saturated rings. The largest absolute Gasteiger partial charge is 0.478 e. The average Bonchev–Trinajstić information content (AvgIpc) is 3.05. The predicted octanol–water partition coefficient (Wildman–Crippen LogP) is 3.02. The summed E-state index contributed by atoms with van der Waals surface area (Å²) in [6, 6.07) is 11.8. The number of ether oxygens (including phenoxy) is 1. The fourth-order valence-electron chi connectivity index (χ4n) is 2.44. The Bertz CT molecular complexity index is 754. The summed E-state index contributed by atoms with van der Waals surface area (Å²) in [6.07, 6.45) is 5.25. The van der Waals surface area contributed by atoms with Crippen molar-refractivity contribution in [3.63, 3.8) is 0 Å². The van der Waals surface area contributed by atoms with E-state index in [2.05, 4.69) is 20.3 Å². The van der Waals surface area contributed by atoms with Crippen LogP contribution in [0.5, 0.6) is 5.75 Å². The van der Waals surface area contributed by atoms with E-state index in [0.29, 0.717) is 6.54 Å². The highest BCUT2D eigenvalue weighted by atomic mass is 16.5. The summed E-state index contributed by atoms with van der Waals surface area (Å²) in [5.74, 6) is 1.68. The van der Waals surface area contributed by atoms with Crippen LogP contribution in [0.1, 0.15) is 11.9 Å². The summed E-state index contributed by atoms with van der Waals surface area (Å²) in [7, 11) is 0. The smallest absolute Gasteiger partial charge is 0.173 e. The number of aromatic nitrogens is 3. The summed E-state index contributed by atoms with van der Waals surface area (Å²) < 4.78 is 6.00. The minimum absolute atomic E-state index is 0.115. The van der Waals surface area contributed by atoms with Crippen molar-refractivity contribution in [2.24, 2.45) is 0 Å². The van der Waals surface area contributed by atoms with E-state index in [1.807, 2.05) is 42.6 Å². The molecule has 0 spiro atoms. The number of para-hydroxylation sites is 2. The molecule has 0 bridgehead atoms. The van der Waals surface area contributed by atoms with Gasteiger partial charge in [0.15, 0.2) is 6.10 Å². The number of H-pyrrole nitrogens is 1. The SMILES string of the molecule is c1ccc2c(c1)NCC(c1ncc(-c3ccncc3)[nH]1)O2. The molecule has 0 radical (unpaired) electrons. The lowest BCUT2D eigenvalue weighted by atomic mass is 10.2. The third-order valence-corrected chi connectivity index (χ3v) is 3.53. The summed E-state index contributed by atoms with van der Waals surface area (Å²) in [5, 5.41) is 3.37. The molecule has 2 aromatic heterocycles. The Morgan fingerprint density at radius 1 is 1.10 bits per heavy atom. The van der Waals surface area contributed by atoms with Crippen LogP contribution in [0.4, 0.5) is 5.69 Å². The molecular weight excluding hydrogens is 264 g/mol. The number of hydrogen-bond acceptors (Lipinski definition) is 4. The average molecular weight is 278 g/mol. The van der Waals surface area contributed by atoms with Gasteiger partial charge >= 0.3 is 0 Å². The zero-order valence-corrected chi connectivity index (χ0v) is 11.3. The van der Waals surface area contributed by atoms with Gasteiger partial charge in [0, 0.05) is 18.0 Å². The maximum absolute atomic E-state index is 6.00. The summed E-state index contributed by atoms with van der Waals surface area (Å²) in [4.78, 5) is 11.8. The van der Waals surface area contributed by atoms with Gasteiger partial charge < -0.3 is 15.0 Å². The van der Waals surface area contributed by atoms with E-state index in [9.17, 15) is 0 Å². The lowest BCUT2D eigenvalue weighted by Gasteiger charge is -2.25. The maximum atomic E-state index is 6.00. The van der Waals surface area contributed by atoms with Gasteiger partial charge in [-0.3, -0.25) is 4.98 Å². The number of nitrogens with zero attached hydrogens (tertiary/aromatic N) is 2. The zero-order valence-electron chi connectivity index (χ0n) is 11.3. The highest BCUT2D eigenvalue weighted by molar-refractivity contribution is 5.59. The van der Waals surface area contributed by atoms with E-state index in [1.165, 1.54) is 0 Å². The van der Waals surface area contributed by atoms with Crippen molar-refractivity contribution in [2.45, 2.75) is 6.10 Å². The Morgan fingerprint density at radius 3 is 2.86 bits per heavy atom. The molecule has 4 rings (SSSR count). The number of benzene rings is 1. The van der Waals surface area contributed by atoms with Crippen LogP contribution in [-0.4, -0.2) is 21.5 Å². The number of pyridine rings is 1. The molecule has 1 aromatic carbocycles. The summed E-state index contributed by atoms with van der Waals surface area (Å²) in [5.41, 5.74) is 3.05. The molecule has 3 heterocycles. The quantitative estimate of drug-likeness (QED) is 0.756. The second-order valence-corrected chi connectivity index (χ2v) is 4.90. The molecule has 0 saturated carbocycles. The van der Waals surface area contributed by atoms with Crippen molar-refractivity contribution < 1.29 is 4.74 Å². The standard InChI is InChI=1S/C16H14N4O/c1-2-4-14-12(3-1)18-10-15(21-14)16-19-9-13(20-16)11-5-7-17-8-6-11/h1-9,15,18H,10H2,(H,19,20). The highest BCUT2D eigenvalue weighted by Gasteiger charge is 2.23. The molecule has 0 aliphatic carbocycles. The molecule has 104 valence electrons. The van der Waals surface area contributed by atoms with E-state index in [0.717, 1.165) is 28.5 Å². The van der Waals surface area contributed by atoms with E-state index < -0.39 is 0 Å². The Morgan fingerprint density at radius 2 is 1.95 bits per heavy atom. The molecule has 1 unspecified atom stereocenters. The molecule has 21 heavy (non-hydrogen) atoms. The third kappa shape index (κ3) is 2.23. The van der Waals surface area contributed by atoms with E-state index in [1.54, 1.807) is 12.4 Å². The van der Waals surface area contributed by atoms with Crippen LogP contribution in [0.3, 0.4) is 0 Å². The van der Waals surface area contributed by atoms with Crippen LogP contribution in [0, 0.1) is 0 Å². The Labute approximate surface area is 122 Å². The monoisotopic (exact) mass is 278 g/mol. The van der Waals surface area contributed by atoms with Crippen LogP contribution in [-0.2, 0) is 0 Å². The molecule has 1 aliphatic heterocycles. The predicted molar refractivity (Wildman–Crippen MR) is 80.1 cm³/mol. The van der Waals surface area contributed by atoms with Crippen LogP contribution >= 0.6 is 0 Å². The second-order valence-electron chi connectivity index (χ2n) is 4.90. The number of imidazole rings is 1. The Balaban J connectivity index is 1.60. The van der Waals surface area contributed by atoms with Crippen molar-refractivity contribution in [2.75, 3.05) is 11.9 Å². The molecule has 5 nitrogen and oxygen atoms in total. The first-order valence-corrected chi connectivity index (χ1v) is 6.85. The maximum Gasteiger partial charge on any atom is 0.173 e. The van der Waals surface area contributed by atoms with Crippen molar-refractivity contribution in [3.8, 4) is 17.0 Å². The Kier molecular flexibility index (Phi) is 2.81. The normalized spacial score (nSPS) is 16.7. The lowest BCUT2D eigenvalue weighted by molar-refractivity contribution is 0.201. The first-order chi connectivity index (χ1) is 10.4. The van der Waals surface area contributed by atoms with Gasteiger partial charge in [0.25, 0.3) is 0 Å². The van der Waals surface area contributed by atoms with Crippen molar-refractivity contribution in [1.29, 1.82) is 0 Å². The first-order valence-electron chi connectivity index (χ1n) is 6.85. The summed E-state index contributed by atoms with van der Waals surface area (Å²) >= 11 is 0. The molecule has 0 amide bonds. The van der Waals surface area contributed by atoms with Gasteiger partial charge in [-0.25, -0.2) is 4.98 Å². The van der Waals surface area contributed by atoms with Gasteiger partial charge in [-0.15, -0.1) is 0 Å². The topological polar surface area (TPSA) is 62.8 Å². The minimum atomic E-state index is -0.115. The van der Waals surface area contributed by atoms with E-state index in [4.69, 9.17) is 4.74 Å². The number of anilines is 1. The molecule has 1 aliphatic rings. The number of rotatable bonds is 2. The van der Waals surface area contributed by atoms with Gasteiger partial charge in [0.1, 0.15) is 11.6 Å². The van der Waals surface area contributed by atoms with Gasteiger partial charge in [0.2, 0.25) is 0 Å². The van der Waals surface area contributed by atoms with E-state index >= 15 is 0 Å². The second kappa shape index (κ2) is 4.94. The van der Waals surface area contributed by atoms with Crippen LogP contribution < -0.4 is 10.1 Å². The number of fused-ring (bicyclic) bond motifs is 1. The van der Waals surface area contributed by atoms with Gasteiger partial charge in [-0.05, 0) is 24.3 Å². The fourth-order valence-corrected chi connectivity index (χ4v) is 2.44. The molecule has 2 N–H and O–H groups in total. The van der Waals surface area contributed by atoms with Crippen molar-refractivity contribution >= 4 is 5.69 Å². The van der Waals surface area contributed by atoms with Gasteiger partial charge in [-0.2, -0.15) is 0 Å². The van der Waals surface area contributed by atoms with Crippen molar-refractivity contribution in [1.82, 2.24) is 15.0 Å². The molecule has 0 saturated heterocycles. The zero-order chi connectivity index (χ0) is 14.1. The Hall–Kier alpha value is -2.82.